The predicted octanol–water partition coefficient (Wildman–Crippen LogP) is 2.21. The lowest BCUT2D eigenvalue weighted by Crippen LogP contribution is -2.32. The number of rotatable bonds is 4. The zero-order valence-electron chi connectivity index (χ0n) is 14.6. The molecule has 2 aromatic rings. The summed E-state index contributed by atoms with van der Waals surface area (Å²) in [6.07, 6.45) is 1.94. The Morgan fingerprint density at radius 3 is 2.73 bits per heavy atom. The monoisotopic (exact) mass is 352 g/mol. The topological polar surface area (TPSA) is 79.6 Å². The normalized spacial score (nSPS) is 16.0. The number of carbonyl (C=O) groups excluding carboxylic acids is 3. The molecule has 6 nitrogen and oxygen atoms in total. The molecule has 0 saturated carbocycles. The first-order valence-electron chi connectivity index (χ1n) is 8.86. The van der Waals surface area contributed by atoms with Crippen LogP contribution in [0.2, 0.25) is 0 Å². The van der Waals surface area contributed by atoms with Crippen LogP contribution in [0.3, 0.4) is 0 Å². The summed E-state index contributed by atoms with van der Waals surface area (Å²) in [5.41, 5.74) is 2.44. The van der Waals surface area contributed by atoms with E-state index >= 15 is 0 Å². The molecule has 0 unspecified atom stereocenters. The van der Waals surface area contributed by atoms with Gasteiger partial charge in [0.1, 0.15) is 11.5 Å². The van der Waals surface area contributed by atoms with Gasteiger partial charge >= 0.3 is 0 Å². The molecular formula is C20H20N2O4. The number of ketones is 2. The number of benzene rings is 1. The lowest BCUT2D eigenvalue weighted by molar-refractivity contribution is -0.120. The van der Waals surface area contributed by atoms with E-state index < -0.39 is 11.6 Å². The van der Waals surface area contributed by atoms with Crippen molar-refractivity contribution >= 4 is 17.5 Å². The maximum Gasteiger partial charge on any atom is 0.237 e. The fraction of sp³-hybridized carbons (Fsp3) is 0.350. The second-order valence-corrected chi connectivity index (χ2v) is 6.71. The Bertz CT molecular complexity index is 913. The summed E-state index contributed by atoms with van der Waals surface area (Å²) in [6, 6.07) is 7.10. The standard InChI is InChI=1S/C20H20N2O4/c1-21-16(23)7-4-9-22-10-8-14-15(11-22)26-20-13-6-3-2-5-12(13)18(24)19(25)17(14)20/h2-3,5-6H,4,7-11H2,1H3,(H,21,23). The van der Waals surface area contributed by atoms with Gasteiger partial charge in [0, 0.05) is 36.7 Å². The molecule has 0 spiro atoms. The molecule has 1 aromatic carbocycles. The van der Waals surface area contributed by atoms with Crippen molar-refractivity contribution in [2.24, 2.45) is 0 Å². The Kier molecular flexibility index (Phi) is 4.20. The van der Waals surface area contributed by atoms with Gasteiger partial charge in [-0.05, 0) is 19.4 Å². The van der Waals surface area contributed by atoms with E-state index in [-0.39, 0.29) is 5.91 Å². The van der Waals surface area contributed by atoms with Gasteiger partial charge in [-0.3, -0.25) is 19.3 Å². The van der Waals surface area contributed by atoms with E-state index in [1.807, 2.05) is 12.1 Å². The molecule has 0 atom stereocenters. The maximum absolute atomic E-state index is 12.6. The molecule has 0 bridgehead atoms. The SMILES string of the molecule is CNC(=O)CCCN1CCc2c(oc3c2C(=O)C(=O)c2ccccc2-3)C1. The molecule has 2 aliphatic rings. The van der Waals surface area contributed by atoms with E-state index in [0.29, 0.717) is 41.8 Å². The highest BCUT2D eigenvalue weighted by Crippen LogP contribution is 2.40. The van der Waals surface area contributed by atoms with Crippen LogP contribution in [-0.2, 0) is 17.8 Å². The van der Waals surface area contributed by atoms with Crippen LogP contribution in [-0.4, -0.2) is 42.5 Å². The smallest absolute Gasteiger partial charge is 0.237 e. The van der Waals surface area contributed by atoms with Crippen molar-refractivity contribution in [3.63, 3.8) is 0 Å². The third-order valence-electron chi connectivity index (χ3n) is 5.14. The Labute approximate surface area is 151 Å². The van der Waals surface area contributed by atoms with Crippen molar-refractivity contribution in [3.05, 3.63) is 46.7 Å². The minimum Gasteiger partial charge on any atom is -0.459 e. The maximum atomic E-state index is 12.6. The summed E-state index contributed by atoms with van der Waals surface area (Å²) in [4.78, 5) is 38.6. The van der Waals surface area contributed by atoms with Crippen molar-refractivity contribution < 1.29 is 18.8 Å². The van der Waals surface area contributed by atoms with Gasteiger partial charge < -0.3 is 9.73 Å². The van der Waals surface area contributed by atoms with Gasteiger partial charge in [0.2, 0.25) is 17.5 Å². The van der Waals surface area contributed by atoms with Crippen LogP contribution in [0.15, 0.2) is 28.7 Å². The average Bonchev–Trinajstić information content (AvgIpc) is 3.05. The number of Topliss-reactive ketones (excluding diaryl/α,β-unsaturated/α-hetero) is 2. The number of hydrogen-bond acceptors (Lipinski definition) is 5. The van der Waals surface area contributed by atoms with Crippen molar-refractivity contribution in [1.82, 2.24) is 10.2 Å². The van der Waals surface area contributed by atoms with E-state index in [0.717, 1.165) is 30.8 Å². The number of carbonyl (C=O) groups is 3. The lowest BCUT2D eigenvalue weighted by atomic mass is 9.85. The highest BCUT2D eigenvalue weighted by Gasteiger charge is 2.38. The zero-order valence-corrected chi connectivity index (χ0v) is 14.6. The molecule has 0 radical (unpaired) electrons. The van der Waals surface area contributed by atoms with E-state index in [9.17, 15) is 14.4 Å². The molecule has 0 saturated heterocycles. The van der Waals surface area contributed by atoms with Gasteiger partial charge in [-0.25, -0.2) is 0 Å². The Hall–Kier alpha value is -2.73. The molecule has 0 fully saturated rings. The zero-order chi connectivity index (χ0) is 18.3. The highest BCUT2D eigenvalue weighted by molar-refractivity contribution is 6.53. The molecule has 26 heavy (non-hydrogen) atoms. The van der Waals surface area contributed by atoms with Gasteiger partial charge in [0.05, 0.1) is 12.1 Å². The largest absolute Gasteiger partial charge is 0.459 e. The molecule has 1 amide bonds. The first-order chi connectivity index (χ1) is 12.6. The number of nitrogens with one attached hydrogen (secondary N) is 1. The quantitative estimate of drug-likeness (QED) is 0.854. The number of amides is 1. The lowest BCUT2D eigenvalue weighted by Gasteiger charge is -2.26. The molecule has 134 valence electrons. The van der Waals surface area contributed by atoms with Crippen LogP contribution in [0.4, 0.5) is 0 Å². The van der Waals surface area contributed by atoms with Gasteiger partial charge in [-0.2, -0.15) is 0 Å². The number of nitrogens with zero attached hydrogens (tertiary/aromatic N) is 1. The molecule has 1 aliphatic heterocycles. The molecule has 4 rings (SSSR count). The van der Waals surface area contributed by atoms with Crippen molar-refractivity contribution in [1.29, 1.82) is 0 Å². The van der Waals surface area contributed by atoms with Gasteiger partial charge in [0.15, 0.2) is 0 Å². The van der Waals surface area contributed by atoms with E-state index in [4.69, 9.17) is 4.42 Å². The van der Waals surface area contributed by atoms with Crippen LogP contribution < -0.4 is 5.32 Å². The molecule has 1 N–H and O–H groups in total. The first-order valence-corrected chi connectivity index (χ1v) is 8.86. The molecular weight excluding hydrogens is 332 g/mol. The van der Waals surface area contributed by atoms with Crippen LogP contribution in [0.1, 0.15) is 44.9 Å². The molecule has 6 heteroatoms. The summed E-state index contributed by atoms with van der Waals surface area (Å²) in [5, 5.41) is 2.62. The van der Waals surface area contributed by atoms with Gasteiger partial charge in [-0.1, -0.05) is 24.3 Å². The highest BCUT2D eigenvalue weighted by atomic mass is 16.3. The second-order valence-electron chi connectivity index (χ2n) is 6.71. The summed E-state index contributed by atoms with van der Waals surface area (Å²) < 4.78 is 6.06. The average molecular weight is 352 g/mol. The summed E-state index contributed by atoms with van der Waals surface area (Å²) in [7, 11) is 1.64. The minimum atomic E-state index is -0.461. The van der Waals surface area contributed by atoms with E-state index in [1.54, 1.807) is 19.2 Å². The molecule has 1 aliphatic carbocycles. The molecule has 1 aromatic heterocycles. The number of fused-ring (bicyclic) bond motifs is 5. The van der Waals surface area contributed by atoms with Gasteiger partial charge in [0.25, 0.3) is 0 Å². The Morgan fingerprint density at radius 1 is 1.19 bits per heavy atom. The third-order valence-corrected chi connectivity index (χ3v) is 5.14. The minimum absolute atomic E-state index is 0.0388. The van der Waals surface area contributed by atoms with Crippen molar-refractivity contribution in [2.75, 3.05) is 20.1 Å². The van der Waals surface area contributed by atoms with Crippen LogP contribution in [0, 0.1) is 0 Å². The van der Waals surface area contributed by atoms with E-state index in [2.05, 4.69) is 10.2 Å². The fourth-order valence-corrected chi connectivity index (χ4v) is 3.78. The van der Waals surface area contributed by atoms with Gasteiger partial charge in [-0.15, -0.1) is 0 Å². The van der Waals surface area contributed by atoms with Crippen LogP contribution in [0.25, 0.3) is 11.3 Å². The third kappa shape index (κ3) is 2.66. The van der Waals surface area contributed by atoms with Crippen LogP contribution >= 0.6 is 0 Å². The Morgan fingerprint density at radius 2 is 1.96 bits per heavy atom. The van der Waals surface area contributed by atoms with Crippen molar-refractivity contribution in [3.8, 4) is 11.3 Å². The second kappa shape index (κ2) is 6.53. The number of furan rings is 1. The first kappa shape index (κ1) is 16.7. The summed E-state index contributed by atoms with van der Waals surface area (Å²) >= 11 is 0. The Balaban J connectivity index is 1.60. The van der Waals surface area contributed by atoms with E-state index in [1.165, 1.54) is 0 Å². The number of hydrogen-bond donors (Lipinski definition) is 1. The molecule has 2 heterocycles. The summed E-state index contributed by atoms with van der Waals surface area (Å²) in [5.74, 6) is 0.416. The summed E-state index contributed by atoms with van der Waals surface area (Å²) in [6.45, 7) is 2.18. The fourth-order valence-electron chi connectivity index (χ4n) is 3.78. The van der Waals surface area contributed by atoms with Crippen LogP contribution in [0.5, 0.6) is 0 Å². The van der Waals surface area contributed by atoms with Crippen molar-refractivity contribution in [2.45, 2.75) is 25.8 Å². The predicted molar refractivity (Wildman–Crippen MR) is 95.1 cm³/mol.